The monoisotopic (exact) mass is 753 g/mol. The van der Waals surface area contributed by atoms with E-state index in [9.17, 15) is 14.7 Å². The van der Waals surface area contributed by atoms with Crippen molar-refractivity contribution >= 4 is 20.1 Å². The average molecular weight is 753 g/mol. The van der Waals surface area contributed by atoms with Gasteiger partial charge in [0.15, 0.2) is 14.1 Å². The highest BCUT2D eigenvalue weighted by molar-refractivity contribution is 6.73. The standard InChI is InChI=1S/C46H76O6Si/c1-8-11-14-17-26-53(27-18-15-12-9-2,28-19-16-13-10-3)50-31-35-32(4)29-39(51-43(35)49)33(5)36-20-21-37-34-30-42-46(52-42)41(48)23-22-40(47)45(46,7)38(34)24-25-44(36,37)6/h22-23,33-34,36-39,41-42,48H,8-21,24-31H2,1-7H3/t33-,34-,36+,37-,38-,39+,41-,42+,44+,45-,46+/m0/s1. The molecule has 0 radical (unpaired) electrons. The second kappa shape index (κ2) is 17.1. The minimum absolute atomic E-state index is 0.0324. The molecule has 6 nitrogen and oxygen atoms in total. The topological polar surface area (TPSA) is 85.4 Å². The molecule has 0 unspecified atom stereocenters. The van der Waals surface area contributed by atoms with Crippen LogP contribution in [-0.2, 0) is 23.5 Å². The van der Waals surface area contributed by atoms with Crippen molar-refractivity contribution in [2.75, 3.05) is 6.61 Å². The van der Waals surface area contributed by atoms with E-state index in [1.54, 1.807) is 12.2 Å². The van der Waals surface area contributed by atoms with Gasteiger partial charge >= 0.3 is 5.97 Å². The van der Waals surface area contributed by atoms with E-state index in [-0.39, 0.29) is 41.2 Å². The van der Waals surface area contributed by atoms with Gasteiger partial charge in [-0.1, -0.05) is 117 Å². The van der Waals surface area contributed by atoms with Crippen LogP contribution < -0.4 is 0 Å². The van der Waals surface area contributed by atoms with Crippen molar-refractivity contribution in [2.45, 2.75) is 206 Å². The number of carbonyl (C=O) groups is 2. The smallest absolute Gasteiger partial charge is 0.336 e. The second-order valence-corrected chi connectivity index (χ2v) is 23.4. The fraction of sp³-hybridized carbons (Fsp3) is 0.870. The van der Waals surface area contributed by atoms with Gasteiger partial charge in [0.25, 0.3) is 0 Å². The molecule has 11 atom stereocenters. The van der Waals surface area contributed by atoms with Gasteiger partial charge in [0.05, 0.1) is 23.7 Å². The van der Waals surface area contributed by atoms with Crippen LogP contribution in [0, 0.1) is 40.4 Å². The Morgan fingerprint density at radius 2 is 1.51 bits per heavy atom. The number of ketones is 1. The summed E-state index contributed by atoms with van der Waals surface area (Å²) in [6.45, 7) is 16.4. The Bertz CT molecular complexity index is 1330. The molecule has 6 rings (SSSR count). The van der Waals surface area contributed by atoms with Crippen LogP contribution in [0.25, 0.3) is 0 Å². The first kappa shape index (κ1) is 41.4. The number of allylic oxidation sites excluding steroid dienone is 1. The first-order valence-electron chi connectivity index (χ1n) is 22.5. The number of aliphatic hydroxyl groups excluding tert-OH is 1. The van der Waals surface area contributed by atoms with Gasteiger partial charge in [0.2, 0.25) is 0 Å². The lowest BCUT2D eigenvalue weighted by molar-refractivity contribution is -0.155. The van der Waals surface area contributed by atoms with Crippen LogP contribution in [0.2, 0.25) is 18.1 Å². The molecule has 0 bridgehead atoms. The summed E-state index contributed by atoms with van der Waals surface area (Å²) in [4.78, 5) is 27.5. The van der Waals surface area contributed by atoms with Crippen LogP contribution in [0.5, 0.6) is 0 Å². The van der Waals surface area contributed by atoms with E-state index >= 15 is 0 Å². The number of unbranched alkanes of at least 4 members (excludes halogenated alkanes) is 9. The van der Waals surface area contributed by atoms with E-state index in [4.69, 9.17) is 13.9 Å². The fourth-order valence-corrected chi connectivity index (χ4v) is 17.4. The Morgan fingerprint density at radius 1 is 0.887 bits per heavy atom. The van der Waals surface area contributed by atoms with Crippen LogP contribution in [0.3, 0.4) is 0 Å². The summed E-state index contributed by atoms with van der Waals surface area (Å²) in [6, 6.07) is 3.69. The molecule has 2 aliphatic heterocycles. The predicted octanol–water partition coefficient (Wildman–Crippen LogP) is 11.1. The maximum absolute atomic E-state index is 13.9. The van der Waals surface area contributed by atoms with Gasteiger partial charge in [-0.25, -0.2) is 4.79 Å². The maximum Gasteiger partial charge on any atom is 0.336 e. The summed E-state index contributed by atoms with van der Waals surface area (Å²) in [6.07, 6.45) is 23.9. The Balaban J connectivity index is 1.13. The Labute approximate surface area is 324 Å². The SMILES string of the molecule is CCCCCC[Si](CCCCCC)(CCCCCC)OCC1=C(C)C[C@H]([C@@H](C)[C@H]2CC[C@H]3[C@@H]4C[C@H]5O[C@]56[C@@H](O)C=CC(=O)[C@]6(C)[C@H]4CC[C@]23C)OC1=O. The number of ether oxygens (including phenoxy) is 2. The number of fused-ring (bicyclic) bond motifs is 4. The van der Waals surface area contributed by atoms with Gasteiger partial charge in [0.1, 0.15) is 17.8 Å². The molecule has 300 valence electrons. The molecule has 0 amide bonds. The summed E-state index contributed by atoms with van der Waals surface area (Å²) in [5.74, 6) is 1.93. The zero-order chi connectivity index (χ0) is 38.0. The molecule has 6 aliphatic rings. The molecular weight excluding hydrogens is 677 g/mol. The Hall–Kier alpha value is -1.28. The number of hydrogen-bond donors (Lipinski definition) is 1. The molecule has 4 aliphatic carbocycles. The lowest BCUT2D eigenvalue weighted by Crippen LogP contribution is -2.63. The van der Waals surface area contributed by atoms with Crippen LogP contribution in [0.15, 0.2) is 23.3 Å². The van der Waals surface area contributed by atoms with Crippen LogP contribution in [-0.4, -0.2) is 55.7 Å². The first-order chi connectivity index (χ1) is 25.4. The average Bonchev–Trinajstić information content (AvgIpc) is 3.78. The summed E-state index contributed by atoms with van der Waals surface area (Å²) in [5.41, 5.74) is 0.748. The highest BCUT2D eigenvalue weighted by Gasteiger charge is 2.80. The number of cyclic esters (lactones) is 1. The van der Waals surface area contributed by atoms with Gasteiger partial charge < -0.3 is 19.0 Å². The van der Waals surface area contributed by atoms with Gasteiger partial charge in [-0.05, 0) is 111 Å². The number of epoxide rings is 1. The third kappa shape index (κ3) is 7.62. The minimum atomic E-state index is -2.01. The molecule has 53 heavy (non-hydrogen) atoms. The zero-order valence-electron chi connectivity index (χ0n) is 34.8. The molecule has 1 saturated heterocycles. The van der Waals surface area contributed by atoms with Crippen molar-refractivity contribution in [1.29, 1.82) is 0 Å². The van der Waals surface area contributed by atoms with E-state index in [1.165, 1.54) is 101 Å². The summed E-state index contributed by atoms with van der Waals surface area (Å²) in [5, 5.41) is 11.1. The van der Waals surface area contributed by atoms with E-state index in [2.05, 4.69) is 48.5 Å². The Kier molecular flexibility index (Phi) is 13.3. The summed E-state index contributed by atoms with van der Waals surface area (Å²) in [7, 11) is -2.01. The van der Waals surface area contributed by atoms with Gasteiger partial charge in [-0.3, -0.25) is 4.79 Å². The zero-order valence-corrected chi connectivity index (χ0v) is 35.8. The van der Waals surface area contributed by atoms with Crippen molar-refractivity contribution in [3.8, 4) is 0 Å². The van der Waals surface area contributed by atoms with Crippen molar-refractivity contribution in [3.63, 3.8) is 0 Å². The third-order valence-corrected chi connectivity index (χ3v) is 21.0. The van der Waals surface area contributed by atoms with Crippen LogP contribution >= 0.6 is 0 Å². The third-order valence-electron chi connectivity index (χ3n) is 16.4. The van der Waals surface area contributed by atoms with E-state index in [0.717, 1.165) is 44.1 Å². The van der Waals surface area contributed by atoms with Crippen molar-refractivity contribution in [3.05, 3.63) is 23.3 Å². The molecule has 2 heterocycles. The molecule has 0 aromatic rings. The van der Waals surface area contributed by atoms with E-state index in [1.807, 2.05) is 0 Å². The molecule has 1 spiro atoms. The summed E-state index contributed by atoms with van der Waals surface area (Å²) < 4.78 is 20.0. The van der Waals surface area contributed by atoms with E-state index in [0.29, 0.717) is 24.4 Å². The lowest BCUT2D eigenvalue weighted by atomic mass is 9.44. The molecule has 4 fully saturated rings. The van der Waals surface area contributed by atoms with Crippen molar-refractivity contribution in [1.82, 2.24) is 0 Å². The number of rotatable bonds is 20. The molecular formula is C46H76O6Si. The molecule has 0 aromatic carbocycles. The Morgan fingerprint density at radius 3 is 2.09 bits per heavy atom. The van der Waals surface area contributed by atoms with Gasteiger partial charge in [0, 0.05) is 6.42 Å². The molecule has 1 N–H and O–H groups in total. The number of hydrogen-bond acceptors (Lipinski definition) is 6. The first-order valence-corrected chi connectivity index (χ1v) is 25.1. The molecule has 3 saturated carbocycles. The van der Waals surface area contributed by atoms with Crippen molar-refractivity contribution < 1.29 is 28.6 Å². The van der Waals surface area contributed by atoms with Crippen molar-refractivity contribution in [2.24, 2.45) is 40.4 Å². The maximum atomic E-state index is 13.9. The largest absolute Gasteiger partial charge is 0.458 e. The van der Waals surface area contributed by atoms with Crippen LogP contribution in [0.1, 0.15) is 164 Å². The minimum Gasteiger partial charge on any atom is -0.458 e. The fourth-order valence-electron chi connectivity index (χ4n) is 13.1. The number of carbonyl (C=O) groups excluding carboxylic acids is 2. The van der Waals surface area contributed by atoms with Gasteiger partial charge in [-0.2, -0.15) is 0 Å². The lowest BCUT2D eigenvalue weighted by Gasteiger charge is -2.58. The highest BCUT2D eigenvalue weighted by Crippen LogP contribution is 2.73. The quantitative estimate of drug-likeness (QED) is 0.0577. The molecule has 0 aromatic heterocycles. The second-order valence-electron chi connectivity index (χ2n) is 19.3. The number of esters is 1. The number of aliphatic hydroxyl groups is 1. The predicted molar refractivity (Wildman–Crippen MR) is 216 cm³/mol. The van der Waals surface area contributed by atoms with Gasteiger partial charge in [-0.15, -0.1) is 0 Å². The van der Waals surface area contributed by atoms with Crippen LogP contribution in [0.4, 0.5) is 0 Å². The summed E-state index contributed by atoms with van der Waals surface area (Å²) >= 11 is 0. The highest BCUT2D eigenvalue weighted by atomic mass is 28.4. The van der Waals surface area contributed by atoms with E-state index < -0.39 is 25.4 Å². The normalized spacial score (nSPS) is 38.2. The molecule has 7 heteroatoms.